The van der Waals surface area contributed by atoms with Gasteiger partial charge in [-0.25, -0.2) is 15.6 Å². The number of hydrogen-bond acceptors (Lipinski definition) is 15. The SMILES string of the molecule is NNC(=O)CON=C(C(=O)NC1C(=O)N2C(C(=O)O)=C(CSc3nncs3)CS[C@@H]12)c1csc(N)n1. The molecule has 15 nitrogen and oxygen atoms in total. The van der Waals surface area contributed by atoms with Crippen molar-refractivity contribution in [3.63, 3.8) is 0 Å². The summed E-state index contributed by atoms with van der Waals surface area (Å²) in [5.74, 6) is 2.33. The summed E-state index contributed by atoms with van der Waals surface area (Å²) < 4.78 is 0.681. The number of thiazole rings is 1. The molecule has 4 heterocycles. The lowest BCUT2D eigenvalue weighted by Crippen LogP contribution is -2.71. The molecule has 2 aliphatic heterocycles. The molecule has 1 saturated heterocycles. The van der Waals surface area contributed by atoms with Crippen LogP contribution in [-0.2, 0) is 24.0 Å². The standard InChI is InChI=1S/C17H17N9O6S4/c18-16-21-7(4-34-16)9(25-32-1-8(27)23-19)12(28)22-10-13(29)26-11(15(30)31)6(2-33-14(10)26)3-35-17-24-20-5-36-17/h4-5,10,14H,1-3,19H2,(H2,18,21)(H,22,28)(H,23,27)(H,30,31)/t10?,14-/m0/s1. The molecule has 1 fully saturated rings. The van der Waals surface area contributed by atoms with E-state index < -0.39 is 41.7 Å². The Morgan fingerprint density at radius 1 is 1.36 bits per heavy atom. The number of hydrazine groups is 1. The van der Waals surface area contributed by atoms with Gasteiger partial charge in [-0.2, -0.15) is 0 Å². The summed E-state index contributed by atoms with van der Waals surface area (Å²) >= 11 is 5.03. The zero-order valence-electron chi connectivity index (χ0n) is 17.9. The Kier molecular flexibility index (Phi) is 8.04. The molecule has 19 heteroatoms. The summed E-state index contributed by atoms with van der Waals surface area (Å²) in [6, 6.07) is -1.01. The molecule has 0 spiro atoms. The molecule has 0 radical (unpaired) electrons. The summed E-state index contributed by atoms with van der Waals surface area (Å²) in [6.07, 6.45) is 0. The lowest BCUT2D eigenvalue weighted by atomic mass is 10.0. The molecule has 0 aliphatic carbocycles. The number of rotatable bonds is 10. The second-order valence-electron chi connectivity index (χ2n) is 6.96. The number of aromatic nitrogens is 3. The van der Waals surface area contributed by atoms with Crippen LogP contribution in [0.1, 0.15) is 5.69 Å². The van der Waals surface area contributed by atoms with Crippen molar-refractivity contribution in [2.75, 3.05) is 23.8 Å². The van der Waals surface area contributed by atoms with E-state index in [1.165, 1.54) is 40.2 Å². The lowest BCUT2D eigenvalue weighted by molar-refractivity contribution is -0.150. The van der Waals surface area contributed by atoms with Crippen molar-refractivity contribution < 1.29 is 29.1 Å². The van der Waals surface area contributed by atoms with E-state index in [1.54, 1.807) is 5.51 Å². The number of carbonyl (C=O) groups is 4. The summed E-state index contributed by atoms with van der Waals surface area (Å²) in [7, 11) is 0. The molecule has 3 amide bonds. The van der Waals surface area contributed by atoms with Gasteiger partial charge in [-0.05, 0) is 5.57 Å². The van der Waals surface area contributed by atoms with Crippen LogP contribution in [0.5, 0.6) is 0 Å². The zero-order valence-corrected chi connectivity index (χ0v) is 21.2. The molecule has 2 aromatic heterocycles. The van der Waals surface area contributed by atoms with Crippen LogP contribution in [0.25, 0.3) is 0 Å². The molecule has 36 heavy (non-hydrogen) atoms. The maximum absolute atomic E-state index is 13.0. The lowest BCUT2D eigenvalue weighted by Gasteiger charge is -2.49. The smallest absolute Gasteiger partial charge is 0.352 e. The van der Waals surface area contributed by atoms with E-state index in [4.69, 9.17) is 16.4 Å². The number of nitrogens with zero attached hydrogens (tertiary/aromatic N) is 5. The third-order valence-corrected chi connectivity index (χ3v) is 8.70. The van der Waals surface area contributed by atoms with Crippen molar-refractivity contribution in [3.8, 4) is 0 Å². The average Bonchev–Trinajstić information content (AvgIpc) is 3.54. The number of nitrogens with one attached hydrogen (secondary N) is 2. The van der Waals surface area contributed by atoms with Gasteiger partial charge in [0.25, 0.3) is 17.7 Å². The summed E-state index contributed by atoms with van der Waals surface area (Å²) in [5.41, 5.74) is 9.28. The number of carbonyl (C=O) groups excluding carboxylic acids is 3. The van der Waals surface area contributed by atoms with Crippen molar-refractivity contribution in [3.05, 3.63) is 27.9 Å². The number of amides is 3. The fourth-order valence-electron chi connectivity index (χ4n) is 3.18. The van der Waals surface area contributed by atoms with E-state index in [2.05, 4.69) is 25.7 Å². The quantitative estimate of drug-likeness (QED) is 0.0565. The van der Waals surface area contributed by atoms with Crippen LogP contribution < -0.4 is 22.3 Å². The fraction of sp³-hybridized carbons (Fsp3) is 0.294. The highest BCUT2D eigenvalue weighted by molar-refractivity contribution is 8.01. The molecule has 0 bridgehead atoms. The molecule has 2 aromatic rings. The first kappa shape index (κ1) is 25.8. The summed E-state index contributed by atoms with van der Waals surface area (Å²) in [4.78, 5) is 59.2. The van der Waals surface area contributed by atoms with E-state index in [0.717, 1.165) is 16.2 Å². The van der Waals surface area contributed by atoms with E-state index in [1.807, 2.05) is 5.43 Å². The number of nitrogen functional groups attached to an aromatic ring is 1. The predicted molar refractivity (Wildman–Crippen MR) is 132 cm³/mol. The van der Waals surface area contributed by atoms with Crippen LogP contribution in [0.4, 0.5) is 5.13 Å². The van der Waals surface area contributed by atoms with Gasteiger partial charge in [0.2, 0.25) is 0 Å². The Hall–Kier alpha value is -3.26. The molecule has 4 rings (SSSR count). The van der Waals surface area contributed by atoms with Gasteiger partial charge in [0.15, 0.2) is 21.8 Å². The minimum atomic E-state index is -1.24. The van der Waals surface area contributed by atoms with E-state index in [0.29, 0.717) is 21.4 Å². The van der Waals surface area contributed by atoms with Crippen LogP contribution in [0.2, 0.25) is 0 Å². The maximum Gasteiger partial charge on any atom is 0.352 e. The Morgan fingerprint density at radius 3 is 2.81 bits per heavy atom. The van der Waals surface area contributed by atoms with Crippen LogP contribution in [0.15, 0.2) is 31.7 Å². The van der Waals surface area contributed by atoms with E-state index in [-0.39, 0.29) is 22.2 Å². The van der Waals surface area contributed by atoms with Crippen molar-refractivity contribution >= 4 is 80.7 Å². The van der Waals surface area contributed by atoms with Gasteiger partial charge in [-0.15, -0.1) is 33.3 Å². The number of thioether (sulfide) groups is 2. The van der Waals surface area contributed by atoms with Crippen LogP contribution in [0.3, 0.4) is 0 Å². The number of hydrogen-bond donors (Lipinski definition) is 5. The first-order valence-electron chi connectivity index (χ1n) is 9.80. The number of aliphatic carboxylic acids is 1. The number of carboxylic acid groups (broad SMARTS) is 1. The highest BCUT2D eigenvalue weighted by Crippen LogP contribution is 2.41. The maximum atomic E-state index is 13.0. The third-order valence-electron chi connectivity index (χ3n) is 4.74. The van der Waals surface area contributed by atoms with Crippen molar-refractivity contribution in [2.24, 2.45) is 11.0 Å². The molecule has 0 saturated carbocycles. The molecule has 1 unspecified atom stereocenters. The predicted octanol–water partition coefficient (Wildman–Crippen LogP) is -1.18. The Morgan fingerprint density at radius 2 is 2.17 bits per heavy atom. The monoisotopic (exact) mass is 571 g/mol. The highest BCUT2D eigenvalue weighted by atomic mass is 32.2. The van der Waals surface area contributed by atoms with Gasteiger partial charge in [0, 0.05) is 16.9 Å². The second-order valence-corrected chi connectivity index (χ2v) is 11.0. The molecular weight excluding hydrogens is 555 g/mol. The number of β-lactam (4-membered cyclic amide) rings is 1. The number of nitrogens with two attached hydrogens (primary N) is 2. The number of fused-ring (bicyclic) bond motifs is 1. The van der Waals surface area contributed by atoms with Gasteiger partial charge in [0.1, 0.15) is 28.3 Å². The minimum absolute atomic E-state index is 0.0743. The van der Waals surface area contributed by atoms with E-state index in [9.17, 15) is 24.3 Å². The van der Waals surface area contributed by atoms with Crippen molar-refractivity contribution in [1.82, 2.24) is 30.8 Å². The minimum Gasteiger partial charge on any atom is -0.477 e. The van der Waals surface area contributed by atoms with Gasteiger partial charge >= 0.3 is 5.97 Å². The van der Waals surface area contributed by atoms with Gasteiger partial charge < -0.3 is 21.0 Å². The van der Waals surface area contributed by atoms with E-state index >= 15 is 0 Å². The Bertz CT molecular complexity index is 1250. The summed E-state index contributed by atoms with van der Waals surface area (Å²) in [5, 5.41) is 24.7. The topological polar surface area (TPSA) is 228 Å². The van der Waals surface area contributed by atoms with Crippen LogP contribution >= 0.6 is 46.2 Å². The zero-order chi connectivity index (χ0) is 25.8. The first-order chi connectivity index (χ1) is 17.3. The van der Waals surface area contributed by atoms with Gasteiger partial charge in [-0.3, -0.25) is 24.7 Å². The largest absolute Gasteiger partial charge is 0.477 e. The van der Waals surface area contributed by atoms with Gasteiger partial charge in [0.05, 0.1) is 0 Å². The highest BCUT2D eigenvalue weighted by Gasteiger charge is 2.54. The van der Waals surface area contributed by atoms with Crippen molar-refractivity contribution in [2.45, 2.75) is 15.8 Å². The number of oxime groups is 1. The molecule has 0 aromatic carbocycles. The third kappa shape index (κ3) is 5.43. The van der Waals surface area contributed by atoms with Gasteiger partial charge in [-0.1, -0.05) is 28.3 Å². The Labute approximate surface area is 218 Å². The molecule has 190 valence electrons. The van der Waals surface area contributed by atoms with Crippen molar-refractivity contribution in [1.29, 1.82) is 0 Å². The molecule has 2 atom stereocenters. The average molecular weight is 572 g/mol. The normalized spacial score (nSPS) is 19.4. The fourth-order valence-corrected chi connectivity index (χ4v) is 6.70. The molecule has 7 N–H and O–H groups in total. The Balaban J connectivity index is 1.48. The number of carboxylic acids is 1. The summed E-state index contributed by atoms with van der Waals surface area (Å²) in [6.45, 7) is -0.563. The van der Waals surface area contributed by atoms with Crippen LogP contribution in [-0.4, -0.2) is 84.1 Å². The first-order valence-corrected chi connectivity index (χ1v) is 13.6. The molecule has 2 aliphatic rings. The van der Waals surface area contributed by atoms with Crippen LogP contribution in [0, 0.1) is 0 Å². The second kappa shape index (κ2) is 11.2. The number of anilines is 1. The molecular formula is C17H17N9O6S4.